The molecule has 17 heavy (non-hydrogen) atoms. The van der Waals surface area contributed by atoms with Crippen molar-refractivity contribution in [2.75, 3.05) is 19.1 Å². The van der Waals surface area contributed by atoms with Gasteiger partial charge in [-0.05, 0) is 29.9 Å². The van der Waals surface area contributed by atoms with E-state index in [0.29, 0.717) is 11.8 Å². The number of benzene rings is 1. The van der Waals surface area contributed by atoms with Crippen molar-refractivity contribution in [1.29, 1.82) is 0 Å². The van der Waals surface area contributed by atoms with Gasteiger partial charge in [-0.25, -0.2) is 0 Å². The zero-order valence-corrected chi connectivity index (χ0v) is 11.5. The van der Waals surface area contributed by atoms with E-state index in [0.717, 1.165) is 26.1 Å². The summed E-state index contributed by atoms with van der Waals surface area (Å²) < 4.78 is 5.38. The fourth-order valence-electron chi connectivity index (χ4n) is 2.45. The van der Waals surface area contributed by atoms with Crippen LogP contribution in [0, 0.1) is 5.92 Å². The third-order valence-corrected chi connectivity index (χ3v) is 3.73. The third-order valence-electron chi connectivity index (χ3n) is 3.54. The number of ether oxygens (including phenoxy) is 1. The van der Waals surface area contributed by atoms with Gasteiger partial charge in [0.05, 0.1) is 13.2 Å². The maximum Gasteiger partial charge on any atom is 0.0586 e. The van der Waals surface area contributed by atoms with Gasteiger partial charge < -0.3 is 4.74 Å². The maximum atomic E-state index is 5.89. The van der Waals surface area contributed by atoms with Crippen LogP contribution in [0.1, 0.15) is 31.4 Å². The van der Waals surface area contributed by atoms with E-state index in [-0.39, 0.29) is 5.41 Å². The van der Waals surface area contributed by atoms with Crippen LogP contribution in [0.3, 0.4) is 0 Å². The van der Waals surface area contributed by atoms with E-state index < -0.39 is 0 Å². The van der Waals surface area contributed by atoms with Crippen LogP contribution < -0.4 is 0 Å². The standard InChI is InChI=1S/C15H21ClO/c1-12(2)9-13-3-5-14(6-4-13)15(7-8-16)10-17-11-15/h3-6,12H,7-11H2,1-2H3. The van der Waals surface area contributed by atoms with E-state index >= 15 is 0 Å². The summed E-state index contributed by atoms with van der Waals surface area (Å²) in [5.74, 6) is 1.42. The second kappa shape index (κ2) is 5.41. The highest BCUT2D eigenvalue weighted by atomic mass is 35.5. The van der Waals surface area contributed by atoms with Gasteiger partial charge in [-0.2, -0.15) is 0 Å². The van der Waals surface area contributed by atoms with Crippen molar-refractivity contribution in [1.82, 2.24) is 0 Å². The predicted octanol–water partition coefficient (Wildman–Crippen LogP) is 3.78. The maximum absolute atomic E-state index is 5.89. The lowest BCUT2D eigenvalue weighted by Crippen LogP contribution is -2.47. The van der Waals surface area contributed by atoms with E-state index in [1.807, 2.05) is 0 Å². The molecule has 1 heterocycles. The van der Waals surface area contributed by atoms with Crippen LogP contribution in [-0.4, -0.2) is 19.1 Å². The van der Waals surface area contributed by atoms with E-state index in [4.69, 9.17) is 16.3 Å². The normalized spacial score (nSPS) is 18.1. The largest absolute Gasteiger partial charge is 0.379 e. The lowest BCUT2D eigenvalue weighted by molar-refractivity contribution is -0.0615. The van der Waals surface area contributed by atoms with Crippen molar-refractivity contribution in [2.24, 2.45) is 5.92 Å². The van der Waals surface area contributed by atoms with Gasteiger partial charge in [0.1, 0.15) is 0 Å². The minimum atomic E-state index is 0.193. The van der Waals surface area contributed by atoms with Crippen LogP contribution in [0.5, 0.6) is 0 Å². The minimum Gasteiger partial charge on any atom is -0.379 e. The van der Waals surface area contributed by atoms with Crippen molar-refractivity contribution < 1.29 is 4.74 Å². The van der Waals surface area contributed by atoms with Crippen molar-refractivity contribution in [3.8, 4) is 0 Å². The summed E-state index contributed by atoms with van der Waals surface area (Å²) in [6.45, 7) is 6.15. The summed E-state index contributed by atoms with van der Waals surface area (Å²) in [5.41, 5.74) is 3.00. The first-order valence-electron chi connectivity index (χ1n) is 6.39. The molecule has 2 heteroatoms. The Morgan fingerprint density at radius 1 is 1.24 bits per heavy atom. The molecule has 1 aromatic rings. The molecular formula is C15H21ClO. The molecule has 0 bridgehead atoms. The van der Waals surface area contributed by atoms with Crippen LogP contribution in [0.25, 0.3) is 0 Å². The van der Waals surface area contributed by atoms with Crippen molar-refractivity contribution in [3.05, 3.63) is 35.4 Å². The zero-order valence-electron chi connectivity index (χ0n) is 10.7. The Kier molecular flexibility index (Phi) is 4.11. The second-order valence-electron chi connectivity index (χ2n) is 5.51. The SMILES string of the molecule is CC(C)Cc1ccc(C2(CCCl)COC2)cc1. The molecule has 1 aliphatic rings. The monoisotopic (exact) mass is 252 g/mol. The number of hydrogen-bond acceptors (Lipinski definition) is 1. The van der Waals surface area contributed by atoms with Crippen LogP contribution >= 0.6 is 11.6 Å². The molecule has 1 saturated heterocycles. The van der Waals surface area contributed by atoms with E-state index in [2.05, 4.69) is 38.1 Å². The molecule has 0 aromatic heterocycles. The second-order valence-corrected chi connectivity index (χ2v) is 5.88. The molecule has 0 atom stereocenters. The van der Waals surface area contributed by atoms with Gasteiger partial charge in [-0.15, -0.1) is 11.6 Å². The van der Waals surface area contributed by atoms with Gasteiger partial charge in [0.25, 0.3) is 0 Å². The first-order chi connectivity index (χ1) is 8.16. The topological polar surface area (TPSA) is 9.23 Å². The molecular weight excluding hydrogens is 232 g/mol. The fourth-order valence-corrected chi connectivity index (χ4v) is 2.81. The van der Waals surface area contributed by atoms with Crippen LogP contribution in [0.2, 0.25) is 0 Å². The average Bonchev–Trinajstić information content (AvgIpc) is 2.24. The quantitative estimate of drug-likeness (QED) is 0.725. The smallest absolute Gasteiger partial charge is 0.0586 e. The van der Waals surface area contributed by atoms with Crippen LogP contribution in [-0.2, 0) is 16.6 Å². The first-order valence-corrected chi connectivity index (χ1v) is 6.93. The summed E-state index contributed by atoms with van der Waals surface area (Å²) in [6.07, 6.45) is 2.16. The summed E-state index contributed by atoms with van der Waals surface area (Å²) in [7, 11) is 0. The Labute approximate surface area is 109 Å². The van der Waals surface area contributed by atoms with Gasteiger partial charge in [-0.3, -0.25) is 0 Å². The molecule has 0 N–H and O–H groups in total. The number of halogens is 1. The summed E-state index contributed by atoms with van der Waals surface area (Å²) in [4.78, 5) is 0. The molecule has 0 radical (unpaired) electrons. The third kappa shape index (κ3) is 2.83. The van der Waals surface area contributed by atoms with Crippen LogP contribution in [0.15, 0.2) is 24.3 Å². The summed E-state index contributed by atoms with van der Waals surface area (Å²) in [5, 5.41) is 0. The molecule has 0 saturated carbocycles. The summed E-state index contributed by atoms with van der Waals surface area (Å²) in [6, 6.07) is 9.02. The van der Waals surface area contributed by atoms with Crippen molar-refractivity contribution in [2.45, 2.75) is 32.1 Å². The number of hydrogen-bond donors (Lipinski definition) is 0. The van der Waals surface area contributed by atoms with Gasteiger partial charge in [0.15, 0.2) is 0 Å². The zero-order chi connectivity index (χ0) is 12.3. The minimum absolute atomic E-state index is 0.193. The average molecular weight is 253 g/mol. The Morgan fingerprint density at radius 2 is 1.88 bits per heavy atom. The highest BCUT2D eigenvalue weighted by Crippen LogP contribution is 2.36. The van der Waals surface area contributed by atoms with Crippen LogP contribution in [0.4, 0.5) is 0 Å². The predicted molar refractivity (Wildman–Crippen MR) is 72.8 cm³/mol. The molecule has 0 aliphatic carbocycles. The molecule has 1 nitrogen and oxygen atoms in total. The lowest BCUT2D eigenvalue weighted by atomic mass is 9.76. The van der Waals surface area contributed by atoms with Gasteiger partial charge >= 0.3 is 0 Å². The molecule has 1 aliphatic heterocycles. The van der Waals surface area contributed by atoms with Gasteiger partial charge in [0.2, 0.25) is 0 Å². The molecule has 0 amide bonds. The Bertz CT molecular complexity index is 352. The Morgan fingerprint density at radius 3 is 2.29 bits per heavy atom. The molecule has 1 aromatic carbocycles. The molecule has 2 rings (SSSR count). The Hall–Kier alpha value is -0.530. The molecule has 0 spiro atoms. The van der Waals surface area contributed by atoms with Crippen molar-refractivity contribution in [3.63, 3.8) is 0 Å². The van der Waals surface area contributed by atoms with E-state index in [1.165, 1.54) is 11.1 Å². The fraction of sp³-hybridized carbons (Fsp3) is 0.600. The molecule has 1 fully saturated rings. The van der Waals surface area contributed by atoms with Crippen molar-refractivity contribution >= 4 is 11.6 Å². The van der Waals surface area contributed by atoms with E-state index in [9.17, 15) is 0 Å². The summed E-state index contributed by atoms with van der Waals surface area (Å²) >= 11 is 5.89. The number of rotatable bonds is 5. The van der Waals surface area contributed by atoms with Gasteiger partial charge in [0, 0.05) is 11.3 Å². The first kappa shape index (κ1) is 12.9. The van der Waals surface area contributed by atoms with Gasteiger partial charge in [-0.1, -0.05) is 38.1 Å². The highest BCUT2D eigenvalue weighted by molar-refractivity contribution is 6.17. The highest BCUT2D eigenvalue weighted by Gasteiger charge is 2.39. The Balaban J connectivity index is 2.11. The molecule has 0 unspecified atom stereocenters. The number of alkyl halides is 1. The lowest BCUT2D eigenvalue weighted by Gasteiger charge is -2.41. The van der Waals surface area contributed by atoms with E-state index in [1.54, 1.807) is 0 Å². The molecule has 94 valence electrons.